The van der Waals surface area contributed by atoms with Gasteiger partial charge in [-0.3, -0.25) is 0 Å². The maximum Gasteiger partial charge on any atom is 0.230 e. The SMILES string of the molecule is COc1ccnc(N2CCC3(CC2)CC3c2nc(-c3cccc(Cl)c3)no2)n1. The lowest BCUT2D eigenvalue weighted by Crippen LogP contribution is -2.36. The van der Waals surface area contributed by atoms with E-state index < -0.39 is 0 Å². The van der Waals surface area contributed by atoms with Crippen LogP contribution < -0.4 is 9.64 Å². The van der Waals surface area contributed by atoms with Gasteiger partial charge in [-0.15, -0.1) is 0 Å². The summed E-state index contributed by atoms with van der Waals surface area (Å²) in [5.41, 5.74) is 1.13. The number of aromatic nitrogens is 4. The van der Waals surface area contributed by atoms with Gasteiger partial charge in [0.1, 0.15) is 0 Å². The Bertz CT molecular complexity index is 1000. The summed E-state index contributed by atoms with van der Waals surface area (Å²) in [6.07, 6.45) is 4.96. The number of methoxy groups -OCH3 is 1. The van der Waals surface area contributed by atoms with Crippen molar-refractivity contribution in [1.29, 1.82) is 0 Å². The Morgan fingerprint density at radius 2 is 2.07 bits per heavy atom. The summed E-state index contributed by atoms with van der Waals surface area (Å²) >= 11 is 6.07. The first kappa shape index (κ1) is 17.4. The first-order valence-corrected chi connectivity index (χ1v) is 9.76. The Balaban J connectivity index is 1.26. The van der Waals surface area contributed by atoms with Crippen molar-refractivity contribution in [3.63, 3.8) is 0 Å². The molecule has 0 bridgehead atoms. The van der Waals surface area contributed by atoms with Gasteiger partial charge in [-0.05, 0) is 36.8 Å². The zero-order valence-corrected chi connectivity index (χ0v) is 16.3. The van der Waals surface area contributed by atoms with E-state index in [1.807, 2.05) is 24.3 Å². The van der Waals surface area contributed by atoms with Gasteiger partial charge >= 0.3 is 0 Å². The zero-order chi connectivity index (χ0) is 19.1. The molecule has 0 radical (unpaired) electrons. The standard InChI is InChI=1S/C20H20ClN5O2/c1-27-16-5-8-22-19(23-16)26-9-6-20(7-10-26)12-15(20)18-24-17(25-28-18)13-3-2-4-14(21)11-13/h2-5,8,11,15H,6-7,9-10,12H2,1H3. The van der Waals surface area contributed by atoms with Crippen LogP contribution in [0.4, 0.5) is 5.95 Å². The van der Waals surface area contributed by atoms with Crippen LogP contribution in [0, 0.1) is 5.41 Å². The topological polar surface area (TPSA) is 77.2 Å². The Kier molecular flexibility index (Phi) is 4.19. The van der Waals surface area contributed by atoms with Crippen molar-refractivity contribution in [2.24, 2.45) is 5.41 Å². The summed E-state index contributed by atoms with van der Waals surface area (Å²) in [4.78, 5) is 15.7. The van der Waals surface area contributed by atoms with Gasteiger partial charge in [-0.25, -0.2) is 4.98 Å². The molecule has 5 rings (SSSR count). The summed E-state index contributed by atoms with van der Waals surface area (Å²) in [7, 11) is 1.62. The molecule has 0 amide bonds. The van der Waals surface area contributed by atoms with Gasteiger partial charge in [0.05, 0.1) is 7.11 Å². The zero-order valence-electron chi connectivity index (χ0n) is 15.5. The predicted octanol–water partition coefficient (Wildman–Crippen LogP) is 3.96. The van der Waals surface area contributed by atoms with Gasteiger partial charge in [0, 0.05) is 41.9 Å². The van der Waals surface area contributed by atoms with Crippen LogP contribution in [-0.2, 0) is 0 Å². The molecule has 2 fully saturated rings. The first-order valence-electron chi connectivity index (χ1n) is 9.38. The maximum atomic E-state index is 6.07. The lowest BCUT2D eigenvalue weighted by molar-refractivity contribution is 0.325. The van der Waals surface area contributed by atoms with Crippen molar-refractivity contribution in [1.82, 2.24) is 20.1 Å². The van der Waals surface area contributed by atoms with E-state index in [1.165, 1.54) is 0 Å². The molecule has 2 aromatic heterocycles. The number of anilines is 1. The summed E-state index contributed by atoms with van der Waals surface area (Å²) in [6, 6.07) is 9.28. The average molecular weight is 398 g/mol. The molecule has 2 aliphatic rings. The number of ether oxygens (including phenoxy) is 1. The molecule has 1 saturated carbocycles. The molecule has 3 aromatic rings. The molecule has 28 heavy (non-hydrogen) atoms. The molecule has 1 aliphatic heterocycles. The third kappa shape index (κ3) is 3.09. The minimum atomic E-state index is 0.257. The molecule has 7 nitrogen and oxygen atoms in total. The molecule has 1 aliphatic carbocycles. The quantitative estimate of drug-likeness (QED) is 0.659. The first-order chi connectivity index (χ1) is 13.7. The third-order valence-electron chi connectivity index (χ3n) is 5.88. The molecule has 1 atom stereocenters. The number of hydrogen-bond acceptors (Lipinski definition) is 7. The number of halogens is 1. The molecular weight excluding hydrogens is 378 g/mol. The van der Waals surface area contributed by atoms with Crippen molar-refractivity contribution in [2.75, 3.05) is 25.1 Å². The number of nitrogens with zero attached hydrogens (tertiary/aromatic N) is 5. The van der Waals surface area contributed by atoms with Crippen LogP contribution in [0.1, 0.15) is 31.1 Å². The number of rotatable bonds is 4. The van der Waals surface area contributed by atoms with Crippen LogP contribution >= 0.6 is 11.6 Å². The lowest BCUT2D eigenvalue weighted by atomic mass is 9.91. The molecule has 1 unspecified atom stereocenters. The summed E-state index contributed by atoms with van der Waals surface area (Å²) in [5, 5.41) is 4.82. The van der Waals surface area contributed by atoms with Crippen molar-refractivity contribution in [3.05, 3.63) is 47.4 Å². The summed E-state index contributed by atoms with van der Waals surface area (Å²) < 4.78 is 10.8. The van der Waals surface area contributed by atoms with E-state index >= 15 is 0 Å². The van der Waals surface area contributed by atoms with Gasteiger partial charge in [0.2, 0.25) is 23.5 Å². The minimum absolute atomic E-state index is 0.257. The van der Waals surface area contributed by atoms with Crippen LogP contribution in [0.5, 0.6) is 5.88 Å². The van der Waals surface area contributed by atoms with Crippen molar-refractivity contribution in [3.8, 4) is 17.3 Å². The van der Waals surface area contributed by atoms with E-state index in [2.05, 4.69) is 25.0 Å². The van der Waals surface area contributed by atoms with Gasteiger partial charge in [0.25, 0.3) is 0 Å². The normalized spacial score (nSPS) is 20.4. The summed E-state index contributed by atoms with van der Waals surface area (Å²) in [6.45, 7) is 1.83. The Hall–Kier alpha value is -2.67. The molecule has 1 spiro atoms. The van der Waals surface area contributed by atoms with Crippen LogP contribution in [-0.4, -0.2) is 40.3 Å². The molecule has 1 saturated heterocycles. The highest BCUT2D eigenvalue weighted by molar-refractivity contribution is 6.30. The molecular formula is C20H20ClN5O2. The molecule has 3 heterocycles. The fourth-order valence-electron chi connectivity index (χ4n) is 4.12. The number of benzene rings is 1. The van der Waals surface area contributed by atoms with Crippen LogP contribution in [0.15, 0.2) is 41.1 Å². The molecule has 0 N–H and O–H groups in total. The second kappa shape index (κ2) is 6.74. The Morgan fingerprint density at radius 3 is 2.86 bits per heavy atom. The van der Waals surface area contributed by atoms with Crippen molar-refractivity contribution >= 4 is 17.5 Å². The number of piperidine rings is 1. The van der Waals surface area contributed by atoms with E-state index in [0.717, 1.165) is 49.8 Å². The monoisotopic (exact) mass is 397 g/mol. The Labute approximate surface area is 167 Å². The molecule has 8 heteroatoms. The Morgan fingerprint density at radius 1 is 1.21 bits per heavy atom. The van der Waals surface area contributed by atoms with E-state index in [9.17, 15) is 0 Å². The predicted molar refractivity (Wildman–Crippen MR) is 105 cm³/mol. The molecule has 1 aromatic carbocycles. The second-order valence-electron chi connectivity index (χ2n) is 7.47. The van der Waals surface area contributed by atoms with Crippen LogP contribution in [0.25, 0.3) is 11.4 Å². The summed E-state index contributed by atoms with van der Waals surface area (Å²) in [5.74, 6) is 2.99. The number of hydrogen-bond donors (Lipinski definition) is 0. The van der Waals surface area contributed by atoms with Gasteiger partial charge in [-0.2, -0.15) is 9.97 Å². The van der Waals surface area contributed by atoms with E-state index in [4.69, 9.17) is 20.9 Å². The van der Waals surface area contributed by atoms with Gasteiger partial charge < -0.3 is 14.2 Å². The van der Waals surface area contributed by atoms with Crippen molar-refractivity contribution < 1.29 is 9.26 Å². The van der Waals surface area contributed by atoms with Gasteiger partial charge in [-0.1, -0.05) is 28.9 Å². The highest BCUT2D eigenvalue weighted by Crippen LogP contribution is 2.64. The second-order valence-corrected chi connectivity index (χ2v) is 7.91. The fraction of sp³-hybridized carbons (Fsp3) is 0.400. The average Bonchev–Trinajstić information content (AvgIpc) is 3.20. The highest BCUT2D eigenvalue weighted by atomic mass is 35.5. The van der Waals surface area contributed by atoms with Crippen LogP contribution in [0.3, 0.4) is 0 Å². The van der Waals surface area contributed by atoms with E-state index in [0.29, 0.717) is 22.6 Å². The smallest absolute Gasteiger partial charge is 0.230 e. The van der Waals surface area contributed by atoms with Crippen molar-refractivity contribution in [2.45, 2.75) is 25.2 Å². The fourth-order valence-corrected chi connectivity index (χ4v) is 4.31. The third-order valence-corrected chi connectivity index (χ3v) is 6.12. The van der Waals surface area contributed by atoms with Gasteiger partial charge in [0.15, 0.2) is 0 Å². The molecule has 144 valence electrons. The minimum Gasteiger partial charge on any atom is -0.481 e. The van der Waals surface area contributed by atoms with E-state index in [1.54, 1.807) is 19.4 Å². The largest absolute Gasteiger partial charge is 0.481 e. The maximum absolute atomic E-state index is 6.07. The highest BCUT2D eigenvalue weighted by Gasteiger charge is 2.58. The van der Waals surface area contributed by atoms with E-state index in [-0.39, 0.29) is 5.41 Å². The lowest BCUT2D eigenvalue weighted by Gasteiger charge is -2.32. The van der Waals surface area contributed by atoms with Crippen LogP contribution in [0.2, 0.25) is 5.02 Å².